The van der Waals surface area contributed by atoms with Gasteiger partial charge in [0.05, 0.1) is 18.4 Å². The van der Waals surface area contributed by atoms with Crippen LogP contribution in [-0.4, -0.2) is 40.7 Å². The molecule has 0 aliphatic carbocycles. The second-order valence-electron chi connectivity index (χ2n) is 7.44. The number of pyridine rings is 1. The van der Waals surface area contributed by atoms with Crippen LogP contribution >= 0.6 is 0 Å². The van der Waals surface area contributed by atoms with Gasteiger partial charge in [0.15, 0.2) is 17.5 Å². The number of alkyl halides is 3. The zero-order chi connectivity index (χ0) is 22.7. The minimum atomic E-state index is -4.20. The number of carbonyl (C=O) groups excluding carboxylic acids is 1. The molecular weight excluding hydrogens is 683 g/mol. The van der Waals surface area contributed by atoms with Crippen molar-refractivity contribution in [2.75, 3.05) is 23.3 Å². The molecular formula is C22H18F4FmN5O-. The Morgan fingerprint density at radius 2 is 1.73 bits per heavy atom. The maximum Gasteiger partial charge on any atom is 0.391 e. The number of halogens is 4. The third-order valence-electron chi connectivity index (χ3n) is 5.35. The Morgan fingerprint density at radius 1 is 1.03 bits per heavy atom. The fourth-order valence-electron chi connectivity index (χ4n) is 3.57. The van der Waals surface area contributed by atoms with Crippen LogP contribution in [0.25, 0.3) is 11.1 Å². The maximum atomic E-state index is 14.4. The summed E-state index contributed by atoms with van der Waals surface area (Å²) in [6, 6.07) is 11.0. The fraction of sp³-hybridized carbons (Fsp3) is 0.273. The molecule has 2 aromatic heterocycles. The van der Waals surface area contributed by atoms with E-state index < -0.39 is 17.9 Å². The van der Waals surface area contributed by atoms with Crippen molar-refractivity contribution in [1.82, 2.24) is 15.2 Å². The van der Waals surface area contributed by atoms with Crippen LogP contribution in [0, 0.1) is 11.7 Å². The molecule has 178 valence electrons. The van der Waals surface area contributed by atoms with E-state index in [1.165, 1.54) is 18.3 Å². The predicted octanol–water partition coefficient (Wildman–Crippen LogP) is 4.66. The van der Waals surface area contributed by atoms with E-state index in [1.54, 1.807) is 41.5 Å². The van der Waals surface area contributed by atoms with Gasteiger partial charge in [-0.3, -0.25) is 0 Å². The van der Waals surface area contributed by atoms with Crippen molar-refractivity contribution < 1.29 is 22.4 Å². The van der Waals surface area contributed by atoms with Crippen LogP contribution in [0.4, 0.5) is 35.0 Å². The molecule has 1 aromatic carbocycles. The molecule has 0 unspecified atom stereocenters. The van der Waals surface area contributed by atoms with E-state index in [0.717, 1.165) is 5.56 Å². The molecule has 6 nitrogen and oxygen atoms in total. The van der Waals surface area contributed by atoms with Gasteiger partial charge in [-0.05, 0) is 36.6 Å². The molecule has 1 aliphatic heterocycles. The van der Waals surface area contributed by atoms with E-state index in [0.29, 0.717) is 16.9 Å². The molecule has 11 heteroatoms. The number of nitrogens with zero attached hydrogens (tertiary/aromatic N) is 4. The predicted molar refractivity (Wildman–Crippen MR) is 111 cm³/mol. The molecule has 0 radical (unpaired) electrons. The largest absolute Gasteiger partial charge is 0.391 e. The number of piperidine rings is 1. The fourth-order valence-corrected chi connectivity index (χ4v) is 3.57. The molecule has 3 heterocycles. The number of hydrogen-bond donors (Lipinski definition) is 1. The van der Waals surface area contributed by atoms with Gasteiger partial charge in [0.1, 0.15) is 5.82 Å². The van der Waals surface area contributed by atoms with Gasteiger partial charge >= 0.3 is 6.18 Å². The van der Waals surface area contributed by atoms with Gasteiger partial charge in [-0.2, -0.15) is 36.0 Å². The summed E-state index contributed by atoms with van der Waals surface area (Å²) in [6.45, 7) is 0.373. The van der Waals surface area contributed by atoms with Crippen LogP contribution in [0.1, 0.15) is 18.4 Å². The average Bonchev–Trinajstić information content (AvgIpc) is 2.80. The molecule has 4 rings (SSSR count). The van der Waals surface area contributed by atoms with Gasteiger partial charge in [0, 0.05) is 18.7 Å². The second kappa shape index (κ2) is 9.29. The molecule has 33 heavy (non-hydrogen) atoms. The van der Waals surface area contributed by atoms with Gasteiger partial charge in [-0.25, -0.2) is 9.37 Å². The quantitative estimate of drug-likeness (QED) is 0.309. The number of anilines is 3. The number of aromatic nitrogens is 3. The zero-order valence-electron chi connectivity index (χ0n) is 17.0. The summed E-state index contributed by atoms with van der Waals surface area (Å²) >= 11 is 0. The normalized spacial score (nSPS) is 14.5. The van der Waals surface area contributed by atoms with Gasteiger partial charge in [-0.1, -0.05) is 0 Å². The summed E-state index contributed by atoms with van der Waals surface area (Å²) < 4.78 is 53.1. The van der Waals surface area contributed by atoms with E-state index in [4.69, 9.17) is 0 Å². The van der Waals surface area contributed by atoms with Gasteiger partial charge < -0.3 is 15.0 Å². The summed E-state index contributed by atoms with van der Waals surface area (Å²) in [5, 5.41) is 10.7. The Morgan fingerprint density at radius 3 is 2.36 bits per heavy atom. The van der Waals surface area contributed by atoms with E-state index in [9.17, 15) is 22.4 Å². The van der Waals surface area contributed by atoms with E-state index in [2.05, 4.69) is 20.5 Å². The van der Waals surface area contributed by atoms with Crippen LogP contribution < -0.4 is 10.2 Å². The minimum absolute atomic E-state index is 0. The number of hydrogen-bond acceptors (Lipinski definition) is 6. The monoisotopic (exact) mass is 701 g/mol. The van der Waals surface area contributed by atoms with E-state index >= 15 is 0 Å². The van der Waals surface area contributed by atoms with Crippen LogP contribution in [-0.2, 0) is 4.79 Å². The molecule has 1 fully saturated rings. The van der Waals surface area contributed by atoms with Crippen LogP contribution in [0.5, 0.6) is 0 Å². The van der Waals surface area contributed by atoms with E-state index in [-0.39, 0.29) is 37.6 Å². The van der Waals surface area contributed by atoms with Crippen molar-refractivity contribution in [3.63, 3.8) is 0 Å². The summed E-state index contributed by atoms with van der Waals surface area (Å²) in [7, 11) is 0. The summed E-state index contributed by atoms with van der Waals surface area (Å²) in [6.07, 6.45) is -0.939. The SMILES string of the molecule is O=[C-]c1ccc(-c2cnnc(Nc3nc(N4CCC(C(F)(F)F)CC4)ccc3F)c2)cc1.[Fm]. The molecule has 1 N–H and O–H groups in total. The first-order chi connectivity index (χ1) is 15.3. The van der Waals surface area contributed by atoms with Crippen molar-refractivity contribution in [2.24, 2.45) is 5.92 Å². The van der Waals surface area contributed by atoms with Crippen molar-refractivity contribution in [3.8, 4) is 11.1 Å². The first kappa shape index (κ1) is 23.1. The standard InChI is InChI=1S/C22H18F4N5O.Fm/c23-18-5-6-20(31-9-7-17(8-10-31)22(24,25)26)29-21(18)28-19-11-16(12-27-30-19)15-3-1-14(13-32)2-4-15;/h1-6,11-12,17H,7-10H2,(H,28,29,30);/q-1;. The number of rotatable bonds is 5. The molecule has 0 spiro atoms. The third-order valence-corrected chi connectivity index (χ3v) is 5.35. The Kier molecular flexibility index (Phi) is 6.51. The molecule has 0 saturated carbocycles. The van der Waals surface area contributed by atoms with Crippen molar-refractivity contribution in [3.05, 3.63) is 60.0 Å². The molecule has 0 bridgehead atoms. The third kappa shape index (κ3) is 5.20. The molecule has 0 amide bonds. The molecule has 1 aliphatic rings. The van der Waals surface area contributed by atoms with Crippen LogP contribution in [0.2, 0.25) is 0 Å². The summed E-state index contributed by atoms with van der Waals surface area (Å²) in [4.78, 5) is 16.7. The zero-order valence-corrected chi connectivity index (χ0v) is 19.4. The topological polar surface area (TPSA) is 71.0 Å². The van der Waals surface area contributed by atoms with Crippen molar-refractivity contribution >= 4 is 23.7 Å². The van der Waals surface area contributed by atoms with Gasteiger partial charge in [0.2, 0.25) is 0 Å². The summed E-state index contributed by atoms with van der Waals surface area (Å²) in [5.74, 6) is -1.42. The minimum Gasteiger partial charge on any atom is -0.376 e. The Bertz CT molecular complexity index is 1100. The first-order valence-electron chi connectivity index (χ1n) is 9.90. The van der Waals surface area contributed by atoms with Gasteiger partial charge in [-0.15, -0.1) is 17.2 Å². The molecule has 0 atom stereocenters. The summed E-state index contributed by atoms with van der Waals surface area (Å²) in [5.41, 5.74) is 1.87. The number of nitrogens with one attached hydrogen (secondary N) is 1. The van der Waals surface area contributed by atoms with Crippen LogP contribution in [0.3, 0.4) is 0 Å². The van der Waals surface area contributed by atoms with Crippen molar-refractivity contribution in [2.45, 2.75) is 19.0 Å². The Balaban J connectivity index is 0.00000306. The van der Waals surface area contributed by atoms with Crippen molar-refractivity contribution in [1.29, 1.82) is 0 Å². The average molecular weight is 701 g/mol. The molecule has 3 aromatic rings. The number of benzene rings is 1. The van der Waals surface area contributed by atoms with Crippen LogP contribution in [0.15, 0.2) is 48.7 Å². The first-order valence-corrected chi connectivity index (χ1v) is 9.90. The van der Waals surface area contributed by atoms with Gasteiger partial charge in [0.25, 0.3) is 0 Å². The Hall–Kier alpha value is -4.56. The molecule has 1 saturated heterocycles. The van der Waals surface area contributed by atoms with E-state index in [1.807, 2.05) is 0 Å². The maximum absolute atomic E-state index is 14.4. The Labute approximate surface area is 181 Å². The second-order valence-corrected chi connectivity index (χ2v) is 7.44. The smallest absolute Gasteiger partial charge is 0.376 e.